The Balaban J connectivity index is 1.84. The molecule has 7 nitrogen and oxygen atoms in total. The second-order valence-electron chi connectivity index (χ2n) is 3.89. The fourth-order valence-electron chi connectivity index (χ4n) is 1.57. The van der Waals surface area contributed by atoms with Crippen molar-refractivity contribution in [2.24, 2.45) is 5.10 Å². The van der Waals surface area contributed by atoms with Gasteiger partial charge in [-0.1, -0.05) is 6.07 Å². The highest BCUT2D eigenvalue weighted by atomic mass is 15.3. The molecule has 0 radical (unpaired) electrons. The number of aromatic amines is 1. The quantitative estimate of drug-likeness (QED) is 0.546. The van der Waals surface area contributed by atoms with Crippen LogP contribution in [-0.2, 0) is 0 Å². The Morgan fingerprint density at radius 3 is 3.00 bits per heavy atom. The number of H-pyrrole nitrogens is 1. The van der Waals surface area contributed by atoms with E-state index in [1.54, 1.807) is 6.20 Å². The van der Waals surface area contributed by atoms with Gasteiger partial charge in [-0.15, -0.1) is 5.10 Å². The summed E-state index contributed by atoms with van der Waals surface area (Å²) in [6.45, 7) is 1.87. The van der Waals surface area contributed by atoms with E-state index >= 15 is 0 Å². The van der Waals surface area contributed by atoms with Crippen molar-refractivity contribution in [3.05, 3.63) is 42.2 Å². The molecule has 7 heteroatoms. The first kappa shape index (κ1) is 11.3. The molecule has 0 saturated heterocycles. The molecule has 19 heavy (non-hydrogen) atoms. The van der Waals surface area contributed by atoms with Crippen molar-refractivity contribution in [2.45, 2.75) is 6.92 Å². The van der Waals surface area contributed by atoms with Crippen LogP contribution in [-0.4, -0.2) is 31.1 Å². The van der Waals surface area contributed by atoms with Gasteiger partial charge in [-0.05, 0) is 31.2 Å². The third-order valence-corrected chi connectivity index (χ3v) is 2.55. The molecule has 2 N–H and O–H groups in total. The molecule has 3 rings (SSSR count). The van der Waals surface area contributed by atoms with Crippen molar-refractivity contribution in [2.75, 3.05) is 5.43 Å². The first-order valence-electron chi connectivity index (χ1n) is 5.72. The lowest BCUT2D eigenvalue weighted by Gasteiger charge is -2.01. The van der Waals surface area contributed by atoms with Crippen LogP contribution in [0, 0.1) is 0 Å². The van der Waals surface area contributed by atoms with Gasteiger partial charge in [-0.25, -0.2) is 9.97 Å². The van der Waals surface area contributed by atoms with Crippen LogP contribution >= 0.6 is 0 Å². The molecule has 0 aliphatic heterocycles. The largest absolute Gasteiger partial charge is 0.261 e. The fourth-order valence-corrected chi connectivity index (χ4v) is 1.57. The van der Waals surface area contributed by atoms with Gasteiger partial charge in [0.1, 0.15) is 11.3 Å². The lowest BCUT2D eigenvalue weighted by atomic mass is 10.2. The van der Waals surface area contributed by atoms with E-state index in [4.69, 9.17) is 0 Å². The van der Waals surface area contributed by atoms with E-state index in [1.165, 1.54) is 0 Å². The van der Waals surface area contributed by atoms with Crippen LogP contribution in [0.1, 0.15) is 12.6 Å². The van der Waals surface area contributed by atoms with E-state index in [1.807, 2.05) is 37.3 Å². The second kappa shape index (κ2) is 4.81. The number of anilines is 1. The predicted octanol–water partition coefficient (Wildman–Crippen LogP) is 1.58. The summed E-state index contributed by atoms with van der Waals surface area (Å²) in [5.74, 6) is 0.685. The van der Waals surface area contributed by atoms with Crippen molar-refractivity contribution in [1.82, 2.24) is 25.4 Å². The molecule has 0 bridgehead atoms. The maximum Gasteiger partial charge on any atom is 0.202 e. The van der Waals surface area contributed by atoms with Gasteiger partial charge in [0.2, 0.25) is 5.65 Å². The maximum absolute atomic E-state index is 4.35. The maximum atomic E-state index is 4.35. The summed E-state index contributed by atoms with van der Waals surface area (Å²) >= 11 is 0. The summed E-state index contributed by atoms with van der Waals surface area (Å²) in [6, 6.07) is 9.28. The molecule has 3 aromatic heterocycles. The number of hydrogen-bond donors (Lipinski definition) is 2. The minimum Gasteiger partial charge on any atom is -0.261 e. The van der Waals surface area contributed by atoms with Crippen molar-refractivity contribution >= 4 is 22.7 Å². The first-order valence-corrected chi connectivity index (χ1v) is 5.72. The molecular formula is C12H11N7. The van der Waals surface area contributed by atoms with E-state index in [0.29, 0.717) is 11.5 Å². The van der Waals surface area contributed by atoms with Gasteiger partial charge in [0.25, 0.3) is 0 Å². The van der Waals surface area contributed by atoms with E-state index in [-0.39, 0.29) is 0 Å². The third kappa shape index (κ3) is 2.39. The number of nitrogens with zero attached hydrogens (tertiary/aromatic N) is 5. The lowest BCUT2D eigenvalue weighted by Crippen LogP contribution is -2.03. The van der Waals surface area contributed by atoms with Crippen LogP contribution in [0.25, 0.3) is 11.2 Å². The van der Waals surface area contributed by atoms with Crippen molar-refractivity contribution in [3.63, 3.8) is 0 Å². The first-order chi connectivity index (χ1) is 9.33. The zero-order valence-electron chi connectivity index (χ0n) is 10.2. The predicted molar refractivity (Wildman–Crippen MR) is 71.8 cm³/mol. The summed E-state index contributed by atoms with van der Waals surface area (Å²) in [6.07, 6.45) is 1.70. The molecule has 0 aliphatic carbocycles. The minimum atomic E-state index is 0.574. The lowest BCUT2D eigenvalue weighted by molar-refractivity contribution is 0.954. The molecule has 94 valence electrons. The zero-order valence-corrected chi connectivity index (χ0v) is 10.2. The number of rotatable bonds is 3. The Labute approximate surface area is 108 Å². The third-order valence-electron chi connectivity index (χ3n) is 2.55. The van der Waals surface area contributed by atoms with Crippen LogP contribution in [0.3, 0.4) is 0 Å². The SMILES string of the molecule is CC(=NNc1ccccn1)c1ccc2n[nH]nc2n1. The molecule has 3 heterocycles. The molecule has 0 atom stereocenters. The Kier molecular flexibility index (Phi) is 2.85. The Morgan fingerprint density at radius 1 is 1.21 bits per heavy atom. The summed E-state index contributed by atoms with van der Waals surface area (Å²) < 4.78 is 0. The molecule has 0 aromatic carbocycles. The summed E-state index contributed by atoms with van der Waals surface area (Å²) in [5.41, 5.74) is 5.67. The second-order valence-corrected chi connectivity index (χ2v) is 3.89. The highest BCUT2D eigenvalue weighted by Crippen LogP contribution is 2.07. The fraction of sp³-hybridized carbons (Fsp3) is 0.0833. The molecule has 0 spiro atoms. The molecule has 0 unspecified atom stereocenters. The van der Waals surface area contributed by atoms with Crippen molar-refractivity contribution in [1.29, 1.82) is 0 Å². The van der Waals surface area contributed by atoms with Gasteiger partial charge in [0.15, 0.2) is 0 Å². The number of hydrogen-bond acceptors (Lipinski definition) is 6. The topological polar surface area (TPSA) is 91.7 Å². The van der Waals surface area contributed by atoms with Gasteiger partial charge >= 0.3 is 0 Å². The number of nitrogens with one attached hydrogen (secondary N) is 2. The zero-order chi connectivity index (χ0) is 13.1. The number of pyridine rings is 2. The average Bonchev–Trinajstić information content (AvgIpc) is 2.93. The molecule has 0 amide bonds. The van der Waals surface area contributed by atoms with Crippen molar-refractivity contribution in [3.8, 4) is 0 Å². The van der Waals surface area contributed by atoms with Crippen LogP contribution in [0.2, 0.25) is 0 Å². The Hall–Kier alpha value is -2.83. The van der Waals surface area contributed by atoms with Gasteiger partial charge in [-0.3, -0.25) is 5.43 Å². The van der Waals surface area contributed by atoms with Crippen LogP contribution in [0.4, 0.5) is 5.82 Å². The highest BCUT2D eigenvalue weighted by Gasteiger charge is 2.04. The van der Waals surface area contributed by atoms with Gasteiger partial charge in [0, 0.05) is 6.20 Å². The summed E-state index contributed by atoms with van der Waals surface area (Å²) in [5, 5.41) is 14.7. The van der Waals surface area contributed by atoms with Gasteiger partial charge in [-0.2, -0.15) is 15.4 Å². The Morgan fingerprint density at radius 2 is 2.16 bits per heavy atom. The van der Waals surface area contributed by atoms with Gasteiger partial charge < -0.3 is 0 Å². The number of aromatic nitrogens is 5. The van der Waals surface area contributed by atoms with Crippen LogP contribution in [0.5, 0.6) is 0 Å². The van der Waals surface area contributed by atoms with E-state index < -0.39 is 0 Å². The summed E-state index contributed by atoms with van der Waals surface area (Å²) in [4.78, 5) is 8.47. The average molecular weight is 253 g/mol. The van der Waals surface area contributed by atoms with Crippen LogP contribution < -0.4 is 5.43 Å². The van der Waals surface area contributed by atoms with Crippen molar-refractivity contribution < 1.29 is 0 Å². The van der Waals surface area contributed by atoms with Gasteiger partial charge in [0.05, 0.1) is 11.4 Å². The summed E-state index contributed by atoms with van der Waals surface area (Å²) in [7, 11) is 0. The Bertz CT molecular complexity index is 717. The van der Waals surface area contributed by atoms with E-state index in [0.717, 1.165) is 16.9 Å². The smallest absolute Gasteiger partial charge is 0.202 e. The highest BCUT2D eigenvalue weighted by molar-refractivity contribution is 5.98. The number of fused-ring (bicyclic) bond motifs is 1. The normalized spacial score (nSPS) is 11.7. The minimum absolute atomic E-state index is 0.574. The van der Waals surface area contributed by atoms with E-state index in [2.05, 4.69) is 35.9 Å². The number of hydrazone groups is 1. The standard InChI is InChI=1S/C12H11N7/c1-8(15-17-11-4-2-3-7-13-11)9-5-6-10-12(14-9)18-19-16-10/h2-7H,1H3,(H,13,17)(H,14,16,18,19). The molecular weight excluding hydrogens is 242 g/mol. The molecule has 0 saturated carbocycles. The van der Waals surface area contributed by atoms with E-state index in [9.17, 15) is 0 Å². The monoisotopic (exact) mass is 253 g/mol. The molecule has 0 fully saturated rings. The van der Waals surface area contributed by atoms with Crippen LogP contribution in [0.15, 0.2) is 41.6 Å². The molecule has 3 aromatic rings. The molecule has 0 aliphatic rings.